The van der Waals surface area contributed by atoms with Crippen molar-refractivity contribution in [2.45, 2.75) is 10.6 Å². The van der Waals surface area contributed by atoms with E-state index in [0.717, 1.165) is 5.39 Å². The minimum Gasteiger partial charge on any atom is -0.398 e. The summed E-state index contributed by atoms with van der Waals surface area (Å²) in [7, 11) is -3.40. The van der Waals surface area contributed by atoms with Gasteiger partial charge >= 0.3 is 0 Å². The van der Waals surface area contributed by atoms with Gasteiger partial charge in [0.05, 0.1) is 16.2 Å². The second kappa shape index (κ2) is 5.18. The van der Waals surface area contributed by atoms with Crippen molar-refractivity contribution in [2.75, 3.05) is 5.73 Å². The van der Waals surface area contributed by atoms with Gasteiger partial charge in [0.2, 0.25) is 0 Å². The maximum Gasteiger partial charge on any atom is 0.182 e. The quantitative estimate of drug-likeness (QED) is 0.755. The van der Waals surface area contributed by atoms with Gasteiger partial charge in [-0.3, -0.25) is 4.98 Å². The Hall–Kier alpha value is -2.40. The summed E-state index contributed by atoms with van der Waals surface area (Å²) in [5.74, 6) is -0.0925. The van der Waals surface area contributed by atoms with Crippen LogP contribution in [-0.4, -0.2) is 13.4 Å². The molecule has 0 fully saturated rings. The lowest BCUT2D eigenvalue weighted by molar-refractivity contribution is 0.595. The fourth-order valence-electron chi connectivity index (χ4n) is 2.29. The molecule has 0 aliphatic carbocycles. The highest BCUT2D eigenvalue weighted by Crippen LogP contribution is 2.25. The zero-order valence-corrected chi connectivity index (χ0v) is 12.0. The standard InChI is InChI=1S/C16H14N2O2S/c17-15-9-8-12(16-14(15)7-4-10-18-16)11-21(19,20)13-5-2-1-3-6-13/h1-10H,11,17H2. The first kappa shape index (κ1) is 13.6. The minimum absolute atomic E-state index is 0.0925. The second-order valence-electron chi connectivity index (χ2n) is 4.79. The van der Waals surface area contributed by atoms with Crippen LogP contribution in [0.4, 0.5) is 5.69 Å². The van der Waals surface area contributed by atoms with E-state index in [1.807, 2.05) is 6.07 Å². The summed E-state index contributed by atoms with van der Waals surface area (Å²) in [5, 5.41) is 0.776. The van der Waals surface area contributed by atoms with Gasteiger partial charge in [-0.15, -0.1) is 0 Å². The van der Waals surface area contributed by atoms with Gasteiger partial charge in [0.15, 0.2) is 9.84 Å². The third kappa shape index (κ3) is 2.60. The van der Waals surface area contributed by atoms with E-state index in [2.05, 4.69) is 4.98 Å². The van der Waals surface area contributed by atoms with Gasteiger partial charge < -0.3 is 5.73 Å². The Kier molecular flexibility index (Phi) is 3.35. The van der Waals surface area contributed by atoms with Gasteiger partial charge in [-0.1, -0.05) is 24.3 Å². The molecule has 3 rings (SSSR count). The molecule has 0 amide bonds. The van der Waals surface area contributed by atoms with Gasteiger partial charge in [0.1, 0.15) is 0 Å². The first-order chi connectivity index (χ1) is 10.1. The highest BCUT2D eigenvalue weighted by atomic mass is 32.2. The van der Waals surface area contributed by atoms with Crippen LogP contribution in [0.1, 0.15) is 5.56 Å². The van der Waals surface area contributed by atoms with Gasteiger partial charge in [-0.05, 0) is 35.9 Å². The Morgan fingerprint density at radius 3 is 2.48 bits per heavy atom. The molecule has 0 spiro atoms. The van der Waals surface area contributed by atoms with Crippen LogP contribution in [0.5, 0.6) is 0 Å². The topological polar surface area (TPSA) is 73.1 Å². The molecule has 2 N–H and O–H groups in total. The third-order valence-corrected chi connectivity index (χ3v) is 5.02. The first-order valence-electron chi connectivity index (χ1n) is 6.48. The normalized spacial score (nSPS) is 11.6. The van der Waals surface area contributed by atoms with Crippen LogP contribution in [-0.2, 0) is 15.6 Å². The number of benzene rings is 2. The smallest absolute Gasteiger partial charge is 0.182 e. The summed E-state index contributed by atoms with van der Waals surface area (Å²) in [5.41, 5.74) is 7.80. The summed E-state index contributed by atoms with van der Waals surface area (Å²) in [6, 6.07) is 15.5. The van der Waals surface area contributed by atoms with Crippen molar-refractivity contribution in [3.05, 3.63) is 66.4 Å². The molecule has 3 aromatic rings. The zero-order chi connectivity index (χ0) is 14.9. The third-order valence-electron chi connectivity index (χ3n) is 3.33. The Morgan fingerprint density at radius 1 is 0.952 bits per heavy atom. The highest BCUT2D eigenvalue weighted by molar-refractivity contribution is 7.90. The molecule has 106 valence electrons. The fourth-order valence-corrected chi connectivity index (χ4v) is 3.67. The summed E-state index contributed by atoms with van der Waals surface area (Å²) in [6.45, 7) is 0. The SMILES string of the molecule is Nc1ccc(CS(=O)(=O)c2ccccc2)c2ncccc12. The van der Waals surface area contributed by atoms with Crippen LogP contribution >= 0.6 is 0 Å². The summed E-state index contributed by atoms with van der Waals surface area (Å²) >= 11 is 0. The van der Waals surface area contributed by atoms with Crippen LogP contribution in [0.3, 0.4) is 0 Å². The van der Waals surface area contributed by atoms with Crippen molar-refractivity contribution < 1.29 is 8.42 Å². The highest BCUT2D eigenvalue weighted by Gasteiger charge is 2.17. The van der Waals surface area contributed by atoms with Crippen LogP contribution in [0.25, 0.3) is 10.9 Å². The van der Waals surface area contributed by atoms with Crippen LogP contribution in [0, 0.1) is 0 Å². The molecule has 4 nitrogen and oxygen atoms in total. The van der Waals surface area contributed by atoms with E-state index in [9.17, 15) is 8.42 Å². The largest absolute Gasteiger partial charge is 0.398 e. The number of aromatic nitrogens is 1. The lowest BCUT2D eigenvalue weighted by atomic mass is 10.1. The molecular weight excluding hydrogens is 284 g/mol. The van der Waals surface area contributed by atoms with Gasteiger partial charge in [0, 0.05) is 17.3 Å². The van der Waals surface area contributed by atoms with Crippen molar-refractivity contribution in [2.24, 2.45) is 0 Å². The molecule has 0 saturated heterocycles. The number of rotatable bonds is 3. The monoisotopic (exact) mass is 298 g/mol. The van der Waals surface area contributed by atoms with E-state index < -0.39 is 9.84 Å². The number of nitrogen functional groups attached to an aromatic ring is 1. The average Bonchev–Trinajstić information content (AvgIpc) is 2.51. The van der Waals surface area contributed by atoms with E-state index in [1.165, 1.54) is 0 Å². The Labute approximate surface area is 123 Å². The molecule has 0 radical (unpaired) electrons. The molecule has 1 aromatic heterocycles. The number of anilines is 1. The zero-order valence-electron chi connectivity index (χ0n) is 11.2. The summed E-state index contributed by atoms with van der Waals surface area (Å²) in [6.07, 6.45) is 1.64. The first-order valence-corrected chi connectivity index (χ1v) is 8.13. The number of pyridine rings is 1. The predicted octanol–water partition coefficient (Wildman–Crippen LogP) is 2.79. The number of fused-ring (bicyclic) bond motifs is 1. The summed E-state index contributed by atoms with van der Waals surface area (Å²) < 4.78 is 24.9. The van der Waals surface area contributed by atoms with Crippen LogP contribution in [0.15, 0.2) is 65.7 Å². The molecule has 5 heteroatoms. The molecule has 1 heterocycles. The van der Waals surface area contributed by atoms with Crippen LogP contribution in [0.2, 0.25) is 0 Å². The van der Waals surface area contributed by atoms with Crippen LogP contribution < -0.4 is 5.73 Å². The van der Waals surface area contributed by atoms with E-state index in [1.54, 1.807) is 54.7 Å². The molecule has 21 heavy (non-hydrogen) atoms. The molecule has 2 aromatic carbocycles. The predicted molar refractivity (Wildman–Crippen MR) is 83.5 cm³/mol. The lowest BCUT2D eigenvalue weighted by Gasteiger charge is -2.09. The molecule has 0 bridgehead atoms. The maximum atomic E-state index is 12.5. The molecule has 0 aliphatic heterocycles. The summed E-state index contributed by atoms with van der Waals surface area (Å²) in [4.78, 5) is 4.59. The Bertz CT molecular complexity index is 891. The van der Waals surface area contributed by atoms with Crippen molar-refractivity contribution >= 4 is 26.4 Å². The van der Waals surface area contributed by atoms with E-state index in [0.29, 0.717) is 21.7 Å². The van der Waals surface area contributed by atoms with Crippen molar-refractivity contribution in [1.29, 1.82) is 0 Å². The van der Waals surface area contributed by atoms with Gasteiger partial charge in [-0.2, -0.15) is 0 Å². The fraction of sp³-hybridized carbons (Fsp3) is 0.0625. The van der Waals surface area contributed by atoms with Gasteiger partial charge in [0.25, 0.3) is 0 Å². The molecule has 0 unspecified atom stereocenters. The molecule has 0 atom stereocenters. The van der Waals surface area contributed by atoms with Crippen molar-refractivity contribution in [3.8, 4) is 0 Å². The molecule has 0 aliphatic rings. The number of hydrogen-bond acceptors (Lipinski definition) is 4. The molecular formula is C16H14N2O2S. The maximum absolute atomic E-state index is 12.5. The Morgan fingerprint density at radius 2 is 1.71 bits per heavy atom. The van der Waals surface area contributed by atoms with E-state index >= 15 is 0 Å². The minimum atomic E-state index is -3.40. The Balaban J connectivity index is 2.09. The van der Waals surface area contributed by atoms with Crippen molar-refractivity contribution in [1.82, 2.24) is 4.98 Å². The van der Waals surface area contributed by atoms with E-state index in [4.69, 9.17) is 5.73 Å². The number of nitrogens with two attached hydrogens (primary N) is 1. The van der Waals surface area contributed by atoms with E-state index in [-0.39, 0.29) is 5.75 Å². The number of sulfone groups is 1. The van der Waals surface area contributed by atoms with Gasteiger partial charge in [-0.25, -0.2) is 8.42 Å². The average molecular weight is 298 g/mol. The molecule has 0 saturated carbocycles. The second-order valence-corrected chi connectivity index (χ2v) is 6.78. The number of nitrogens with zero attached hydrogens (tertiary/aromatic N) is 1. The lowest BCUT2D eigenvalue weighted by Crippen LogP contribution is -2.06. The number of hydrogen-bond donors (Lipinski definition) is 1. The van der Waals surface area contributed by atoms with Crippen molar-refractivity contribution in [3.63, 3.8) is 0 Å².